The molecule has 0 radical (unpaired) electrons. The Morgan fingerprint density at radius 1 is 1.35 bits per heavy atom. The Bertz CT molecular complexity index is 475. The van der Waals surface area contributed by atoms with Crippen LogP contribution >= 0.6 is 11.8 Å². The molecule has 0 aliphatic carbocycles. The predicted octanol–water partition coefficient (Wildman–Crippen LogP) is 2.90. The van der Waals surface area contributed by atoms with Crippen molar-refractivity contribution in [2.24, 2.45) is 0 Å². The van der Waals surface area contributed by atoms with Crippen LogP contribution in [0.15, 0.2) is 29.2 Å². The molecule has 0 spiro atoms. The van der Waals surface area contributed by atoms with Gasteiger partial charge < -0.3 is 10.0 Å². The first-order valence-corrected chi connectivity index (χ1v) is 7.00. The van der Waals surface area contributed by atoms with Crippen LogP contribution in [0.5, 0.6) is 0 Å². The van der Waals surface area contributed by atoms with Gasteiger partial charge in [0, 0.05) is 17.0 Å². The van der Waals surface area contributed by atoms with E-state index in [2.05, 4.69) is 0 Å². The van der Waals surface area contributed by atoms with Crippen LogP contribution in [-0.4, -0.2) is 40.6 Å². The van der Waals surface area contributed by atoms with Crippen molar-refractivity contribution in [2.75, 3.05) is 13.2 Å². The van der Waals surface area contributed by atoms with Gasteiger partial charge >= 0.3 is 5.51 Å². The van der Waals surface area contributed by atoms with E-state index in [0.717, 1.165) is 12.8 Å². The third-order valence-corrected chi connectivity index (χ3v) is 3.92. The molecule has 1 aromatic carbocycles. The molecule has 20 heavy (non-hydrogen) atoms. The van der Waals surface area contributed by atoms with Gasteiger partial charge in [-0.1, -0.05) is 0 Å². The zero-order valence-corrected chi connectivity index (χ0v) is 11.4. The van der Waals surface area contributed by atoms with E-state index >= 15 is 0 Å². The highest BCUT2D eigenvalue weighted by atomic mass is 32.2. The quantitative estimate of drug-likeness (QED) is 0.873. The number of alkyl halides is 3. The molecule has 1 fully saturated rings. The Kier molecular flexibility index (Phi) is 4.59. The lowest BCUT2D eigenvalue weighted by atomic mass is 10.2. The molecule has 0 unspecified atom stereocenters. The Morgan fingerprint density at radius 2 is 2.00 bits per heavy atom. The molecule has 3 nitrogen and oxygen atoms in total. The zero-order chi connectivity index (χ0) is 14.8. The fourth-order valence-corrected chi connectivity index (χ4v) is 2.80. The molecule has 1 N–H and O–H groups in total. The summed E-state index contributed by atoms with van der Waals surface area (Å²) in [6.07, 6.45) is 1.59. The Hall–Kier alpha value is -1.21. The van der Waals surface area contributed by atoms with Gasteiger partial charge in [0.05, 0.1) is 12.6 Å². The van der Waals surface area contributed by atoms with Crippen molar-refractivity contribution in [1.29, 1.82) is 0 Å². The van der Waals surface area contributed by atoms with E-state index in [-0.39, 0.29) is 35.2 Å². The number of halogens is 3. The standard InChI is InChI=1S/C13H14F3NO2S/c14-13(15,16)20-11-5-3-9(4-6-11)12(19)17-7-1-2-10(17)8-18/h3-6,10,18H,1-2,7-8H2/t10-/m0/s1. The first-order chi connectivity index (χ1) is 9.40. The van der Waals surface area contributed by atoms with Gasteiger partial charge in [-0.15, -0.1) is 0 Å². The Labute approximate surface area is 118 Å². The van der Waals surface area contributed by atoms with Gasteiger partial charge in [-0.2, -0.15) is 13.2 Å². The Balaban J connectivity index is 2.08. The summed E-state index contributed by atoms with van der Waals surface area (Å²) in [5.41, 5.74) is -3.99. The van der Waals surface area contributed by atoms with Crippen molar-refractivity contribution in [2.45, 2.75) is 29.3 Å². The molecule has 1 amide bonds. The van der Waals surface area contributed by atoms with Crippen molar-refractivity contribution < 1.29 is 23.1 Å². The van der Waals surface area contributed by atoms with Crippen LogP contribution in [0.2, 0.25) is 0 Å². The van der Waals surface area contributed by atoms with Crippen LogP contribution in [0.25, 0.3) is 0 Å². The number of carbonyl (C=O) groups excluding carboxylic acids is 1. The number of rotatable bonds is 3. The lowest BCUT2D eigenvalue weighted by Crippen LogP contribution is -2.37. The van der Waals surface area contributed by atoms with Crippen LogP contribution in [-0.2, 0) is 0 Å². The summed E-state index contributed by atoms with van der Waals surface area (Å²) in [5, 5.41) is 9.18. The summed E-state index contributed by atoms with van der Waals surface area (Å²) in [7, 11) is 0. The van der Waals surface area contributed by atoms with Crippen LogP contribution in [0, 0.1) is 0 Å². The predicted molar refractivity (Wildman–Crippen MR) is 69.5 cm³/mol. The van der Waals surface area contributed by atoms with E-state index < -0.39 is 5.51 Å². The monoisotopic (exact) mass is 305 g/mol. The average molecular weight is 305 g/mol. The summed E-state index contributed by atoms with van der Waals surface area (Å²) in [4.78, 5) is 13.8. The first-order valence-electron chi connectivity index (χ1n) is 6.18. The molecule has 110 valence electrons. The molecule has 0 bridgehead atoms. The van der Waals surface area contributed by atoms with Gasteiger partial charge in [-0.3, -0.25) is 4.79 Å². The number of amides is 1. The van der Waals surface area contributed by atoms with Crippen LogP contribution in [0.3, 0.4) is 0 Å². The minimum atomic E-state index is -4.33. The summed E-state index contributed by atoms with van der Waals surface area (Å²) < 4.78 is 36.6. The average Bonchev–Trinajstić information content (AvgIpc) is 2.85. The van der Waals surface area contributed by atoms with Gasteiger partial charge in [0.25, 0.3) is 5.91 Å². The smallest absolute Gasteiger partial charge is 0.394 e. The second-order valence-electron chi connectivity index (χ2n) is 4.55. The number of aliphatic hydroxyl groups is 1. The van der Waals surface area contributed by atoms with Crippen LogP contribution < -0.4 is 0 Å². The van der Waals surface area contributed by atoms with Gasteiger partial charge in [-0.25, -0.2) is 0 Å². The normalized spacial score (nSPS) is 19.4. The van der Waals surface area contributed by atoms with Crippen molar-refractivity contribution in [3.05, 3.63) is 29.8 Å². The van der Waals surface area contributed by atoms with Crippen molar-refractivity contribution in [1.82, 2.24) is 4.90 Å². The maximum absolute atomic E-state index is 12.2. The lowest BCUT2D eigenvalue weighted by molar-refractivity contribution is -0.0328. The maximum Gasteiger partial charge on any atom is 0.446 e. The molecule has 7 heteroatoms. The van der Waals surface area contributed by atoms with Gasteiger partial charge in [0.1, 0.15) is 0 Å². The molecule has 1 aliphatic rings. The van der Waals surface area contributed by atoms with Crippen molar-refractivity contribution in [3.8, 4) is 0 Å². The second-order valence-corrected chi connectivity index (χ2v) is 5.69. The van der Waals surface area contributed by atoms with Crippen molar-refractivity contribution >= 4 is 17.7 Å². The molecule has 2 rings (SSSR count). The highest BCUT2D eigenvalue weighted by Gasteiger charge is 2.30. The minimum absolute atomic E-state index is 0.0502. The minimum Gasteiger partial charge on any atom is -0.394 e. The molecule has 1 saturated heterocycles. The highest BCUT2D eigenvalue weighted by molar-refractivity contribution is 8.00. The topological polar surface area (TPSA) is 40.5 Å². The first kappa shape index (κ1) is 15.2. The summed E-state index contributed by atoms with van der Waals surface area (Å²) in [6.45, 7) is 0.483. The number of nitrogens with zero attached hydrogens (tertiary/aromatic N) is 1. The summed E-state index contributed by atoms with van der Waals surface area (Å²) in [5.74, 6) is -0.245. The number of likely N-dealkylation sites (tertiary alicyclic amines) is 1. The molecule has 1 aromatic rings. The Morgan fingerprint density at radius 3 is 2.55 bits per heavy atom. The van der Waals surface area contributed by atoms with E-state index in [0.29, 0.717) is 12.1 Å². The van der Waals surface area contributed by atoms with Gasteiger partial charge in [0.15, 0.2) is 0 Å². The summed E-state index contributed by atoms with van der Waals surface area (Å²) >= 11 is -0.206. The van der Waals surface area contributed by atoms with Crippen molar-refractivity contribution in [3.63, 3.8) is 0 Å². The molecule has 1 atom stereocenters. The number of aliphatic hydroxyl groups excluding tert-OH is 1. The van der Waals surface area contributed by atoms with E-state index in [1.807, 2.05) is 0 Å². The molecular formula is C13H14F3NO2S. The number of hydrogen-bond donors (Lipinski definition) is 1. The third kappa shape index (κ3) is 3.67. The fourth-order valence-electron chi connectivity index (χ4n) is 2.26. The summed E-state index contributed by atoms with van der Waals surface area (Å²) in [6, 6.07) is 5.17. The maximum atomic E-state index is 12.2. The number of hydrogen-bond acceptors (Lipinski definition) is 3. The zero-order valence-electron chi connectivity index (χ0n) is 10.6. The van der Waals surface area contributed by atoms with Crippen LogP contribution in [0.4, 0.5) is 13.2 Å². The molecule has 0 saturated carbocycles. The van der Waals surface area contributed by atoms with Crippen LogP contribution in [0.1, 0.15) is 23.2 Å². The third-order valence-electron chi connectivity index (χ3n) is 3.18. The molecule has 1 aliphatic heterocycles. The molecule has 0 aromatic heterocycles. The fraction of sp³-hybridized carbons (Fsp3) is 0.462. The largest absolute Gasteiger partial charge is 0.446 e. The van der Waals surface area contributed by atoms with E-state index in [9.17, 15) is 23.1 Å². The van der Waals surface area contributed by atoms with E-state index in [1.54, 1.807) is 4.90 Å². The second kappa shape index (κ2) is 6.05. The highest BCUT2D eigenvalue weighted by Crippen LogP contribution is 2.36. The molecule has 1 heterocycles. The number of benzene rings is 1. The number of thioether (sulfide) groups is 1. The van der Waals surface area contributed by atoms with Gasteiger partial charge in [0.2, 0.25) is 0 Å². The van der Waals surface area contributed by atoms with E-state index in [4.69, 9.17) is 0 Å². The lowest BCUT2D eigenvalue weighted by Gasteiger charge is -2.23. The SMILES string of the molecule is O=C(c1ccc(SC(F)(F)F)cc1)N1CCC[C@H]1CO. The number of carbonyl (C=O) groups is 1. The van der Waals surface area contributed by atoms with E-state index in [1.165, 1.54) is 24.3 Å². The molecular weight excluding hydrogens is 291 g/mol. The van der Waals surface area contributed by atoms with Gasteiger partial charge in [-0.05, 0) is 48.9 Å².